The van der Waals surface area contributed by atoms with Gasteiger partial charge in [0.1, 0.15) is 12.4 Å². The summed E-state index contributed by atoms with van der Waals surface area (Å²) in [5.41, 5.74) is 2.08. The highest BCUT2D eigenvalue weighted by molar-refractivity contribution is 6.30. The first kappa shape index (κ1) is 20.4. The molecule has 24 heavy (non-hydrogen) atoms. The monoisotopic (exact) mass is 384 g/mol. The molecular formula is C18H19Cl3N2O. The minimum absolute atomic E-state index is 0. The van der Waals surface area contributed by atoms with Gasteiger partial charge in [-0.15, -0.1) is 24.8 Å². The lowest BCUT2D eigenvalue weighted by molar-refractivity contribution is 0.229. The fourth-order valence-corrected chi connectivity index (χ4v) is 2.40. The molecule has 1 aliphatic heterocycles. The van der Waals surface area contributed by atoms with E-state index in [-0.39, 0.29) is 30.9 Å². The molecule has 1 atom stereocenters. The van der Waals surface area contributed by atoms with Gasteiger partial charge in [-0.25, -0.2) is 0 Å². The number of hydrogen-bond acceptors (Lipinski definition) is 3. The normalized spacial score (nSPS) is 15.4. The van der Waals surface area contributed by atoms with Crippen molar-refractivity contribution in [1.82, 2.24) is 9.88 Å². The second-order valence-electron chi connectivity index (χ2n) is 5.19. The van der Waals surface area contributed by atoms with E-state index in [9.17, 15) is 0 Å². The Kier molecular flexibility index (Phi) is 8.13. The van der Waals surface area contributed by atoms with Gasteiger partial charge in [0.2, 0.25) is 0 Å². The predicted molar refractivity (Wildman–Crippen MR) is 105 cm³/mol. The highest BCUT2D eigenvalue weighted by Crippen LogP contribution is 2.24. The number of ether oxygens (including phenoxy) is 1. The Hall–Kier alpha value is -1.68. The number of aromatic nitrogens is 1. The quantitative estimate of drug-likeness (QED) is 0.740. The summed E-state index contributed by atoms with van der Waals surface area (Å²) in [7, 11) is 2.04. The van der Waals surface area contributed by atoms with Crippen molar-refractivity contribution in [1.29, 1.82) is 0 Å². The highest BCUT2D eigenvalue weighted by atomic mass is 35.5. The first-order valence-electron chi connectivity index (χ1n) is 7.13. The van der Waals surface area contributed by atoms with Crippen LogP contribution in [-0.4, -0.2) is 29.6 Å². The average molecular weight is 386 g/mol. The lowest BCUT2D eigenvalue weighted by atomic mass is 10.1. The predicted octanol–water partition coefficient (Wildman–Crippen LogP) is 5.01. The largest absolute Gasteiger partial charge is 0.489 e. The van der Waals surface area contributed by atoms with E-state index >= 15 is 0 Å². The van der Waals surface area contributed by atoms with Gasteiger partial charge >= 0.3 is 0 Å². The molecule has 0 aliphatic carbocycles. The van der Waals surface area contributed by atoms with E-state index in [0.29, 0.717) is 6.61 Å². The molecule has 6 heteroatoms. The van der Waals surface area contributed by atoms with Gasteiger partial charge in [-0.1, -0.05) is 35.9 Å². The fraction of sp³-hybridized carbons (Fsp3) is 0.167. The number of allylic oxidation sites excluding steroid dienone is 2. The zero-order chi connectivity index (χ0) is 15.4. The van der Waals surface area contributed by atoms with Crippen LogP contribution in [0.2, 0.25) is 5.02 Å². The van der Waals surface area contributed by atoms with Gasteiger partial charge in [-0.2, -0.15) is 0 Å². The lowest BCUT2D eigenvalue weighted by Crippen LogP contribution is -2.32. The highest BCUT2D eigenvalue weighted by Gasteiger charge is 2.11. The third-order valence-corrected chi connectivity index (χ3v) is 3.85. The molecule has 0 saturated heterocycles. The first-order chi connectivity index (χ1) is 10.7. The second-order valence-corrected chi connectivity index (χ2v) is 5.62. The summed E-state index contributed by atoms with van der Waals surface area (Å²) in [6.07, 6.45) is 11.8. The molecule has 1 aromatic carbocycles. The number of benzene rings is 1. The summed E-state index contributed by atoms with van der Waals surface area (Å²) in [6, 6.07) is 9.94. The van der Waals surface area contributed by atoms with E-state index in [4.69, 9.17) is 16.3 Å². The average Bonchev–Trinajstić information content (AvgIpc) is 2.55. The van der Waals surface area contributed by atoms with Crippen LogP contribution in [0, 0.1) is 0 Å². The molecule has 0 saturated carbocycles. The maximum absolute atomic E-state index is 5.92. The SMILES string of the molecule is CN1C=CC=C[C@@H]1COc1cncc(-c2ccc(Cl)cc2)c1.Cl.Cl. The molecule has 3 rings (SSSR count). The standard InChI is InChI=1S/C18H17ClN2O.2ClH/c1-21-9-3-2-4-17(21)13-22-18-10-15(11-20-12-18)14-5-7-16(19)8-6-14;;/h2-12,17H,13H2,1H3;2*1H/t17-;;/m1../s1. The van der Waals surface area contributed by atoms with Crippen molar-refractivity contribution in [2.75, 3.05) is 13.7 Å². The third-order valence-electron chi connectivity index (χ3n) is 3.60. The zero-order valence-electron chi connectivity index (χ0n) is 13.1. The van der Waals surface area contributed by atoms with Crippen LogP contribution < -0.4 is 4.74 Å². The van der Waals surface area contributed by atoms with Gasteiger partial charge in [0.15, 0.2) is 0 Å². The fourth-order valence-electron chi connectivity index (χ4n) is 2.28. The van der Waals surface area contributed by atoms with Crippen molar-refractivity contribution in [2.45, 2.75) is 6.04 Å². The van der Waals surface area contributed by atoms with E-state index in [1.807, 2.05) is 61.9 Å². The number of nitrogens with zero attached hydrogens (tertiary/aromatic N) is 2. The van der Waals surface area contributed by atoms with E-state index in [1.165, 1.54) is 0 Å². The molecule has 0 unspecified atom stereocenters. The molecule has 0 N–H and O–H groups in total. The number of pyridine rings is 1. The van der Waals surface area contributed by atoms with E-state index in [2.05, 4.69) is 16.0 Å². The molecule has 0 spiro atoms. The van der Waals surface area contributed by atoms with Gasteiger partial charge < -0.3 is 9.64 Å². The van der Waals surface area contributed by atoms with Gasteiger partial charge in [0, 0.05) is 23.8 Å². The molecule has 1 aliphatic rings. The van der Waals surface area contributed by atoms with Gasteiger partial charge in [0.05, 0.1) is 12.2 Å². The lowest BCUT2D eigenvalue weighted by Gasteiger charge is -2.26. The number of halogens is 3. The first-order valence-corrected chi connectivity index (χ1v) is 7.51. The van der Waals surface area contributed by atoms with Crippen LogP contribution in [0.1, 0.15) is 0 Å². The third kappa shape index (κ3) is 5.17. The van der Waals surface area contributed by atoms with Crippen LogP contribution in [0.15, 0.2) is 67.2 Å². The van der Waals surface area contributed by atoms with Crippen molar-refractivity contribution in [2.24, 2.45) is 0 Å². The summed E-state index contributed by atoms with van der Waals surface area (Å²) < 4.78 is 5.89. The summed E-state index contributed by atoms with van der Waals surface area (Å²) in [5.74, 6) is 0.767. The van der Waals surface area contributed by atoms with Crippen molar-refractivity contribution in [3.05, 3.63) is 72.2 Å². The molecule has 2 heterocycles. The molecule has 3 nitrogen and oxygen atoms in total. The second kappa shape index (κ2) is 9.58. The zero-order valence-corrected chi connectivity index (χ0v) is 15.5. The van der Waals surface area contributed by atoms with Crippen molar-refractivity contribution in [3.8, 4) is 16.9 Å². The molecule has 0 fully saturated rings. The molecular weight excluding hydrogens is 367 g/mol. The molecule has 1 aromatic heterocycles. The van der Waals surface area contributed by atoms with E-state index in [1.54, 1.807) is 6.20 Å². The molecule has 0 amide bonds. The summed E-state index contributed by atoms with van der Waals surface area (Å²) in [4.78, 5) is 6.38. The molecule has 2 aromatic rings. The maximum atomic E-state index is 5.92. The van der Waals surface area contributed by atoms with Crippen LogP contribution in [0.25, 0.3) is 11.1 Å². The van der Waals surface area contributed by atoms with E-state index in [0.717, 1.165) is 21.9 Å². The van der Waals surface area contributed by atoms with Gasteiger partial charge in [-0.05, 0) is 36.0 Å². The Morgan fingerprint density at radius 1 is 1.08 bits per heavy atom. The van der Waals surface area contributed by atoms with Crippen molar-refractivity contribution >= 4 is 36.4 Å². The van der Waals surface area contributed by atoms with Gasteiger partial charge in [0.25, 0.3) is 0 Å². The van der Waals surface area contributed by atoms with Crippen LogP contribution in [0.4, 0.5) is 0 Å². The minimum Gasteiger partial charge on any atom is -0.489 e. The molecule has 128 valence electrons. The summed E-state index contributed by atoms with van der Waals surface area (Å²) in [5, 5.41) is 0.726. The molecule has 0 radical (unpaired) electrons. The van der Waals surface area contributed by atoms with E-state index < -0.39 is 0 Å². The van der Waals surface area contributed by atoms with Crippen LogP contribution in [0.5, 0.6) is 5.75 Å². The summed E-state index contributed by atoms with van der Waals surface area (Å²) in [6.45, 7) is 0.586. The van der Waals surface area contributed by atoms with Crippen LogP contribution >= 0.6 is 36.4 Å². The Morgan fingerprint density at radius 3 is 2.54 bits per heavy atom. The molecule has 0 bridgehead atoms. The number of likely N-dealkylation sites (N-methyl/N-ethyl adjacent to an activating group) is 1. The topological polar surface area (TPSA) is 25.4 Å². The van der Waals surface area contributed by atoms with Crippen LogP contribution in [0.3, 0.4) is 0 Å². The van der Waals surface area contributed by atoms with Crippen LogP contribution in [-0.2, 0) is 0 Å². The Morgan fingerprint density at radius 2 is 1.83 bits per heavy atom. The Bertz CT molecular complexity index is 702. The van der Waals surface area contributed by atoms with Crippen molar-refractivity contribution in [3.63, 3.8) is 0 Å². The smallest absolute Gasteiger partial charge is 0.138 e. The Balaban J connectivity index is 0.00000144. The summed E-state index contributed by atoms with van der Waals surface area (Å²) >= 11 is 5.92. The van der Waals surface area contributed by atoms with Crippen molar-refractivity contribution < 1.29 is 4.74 Å². The minimum atomic E-state index is 0. The maximum Gasteiger partial charge on any atom is 0.138 e. The Labute approximate surface area is 159 Å². The van der Waals surface area contributed by atoms with Gasteiger partial charge in [-0.3, -0.25) is 4.98 Å². The number of hydrogen-bond donors (Lipinski definition) is 0. The number of rotatable bonds is 4.